The van der Waals surface area contributed by atoms with Crippen LogP contribution < -0.4 is 10.1 Å². The highest BCUT2D eigenvalue weighted by Crippen LogP contribution is 2.29. The largest absolute Gasteiger partial charge is 0.497 e. The molecule has 0 spiro atoms. The van der Waals surface area contributed by atoms with E-state index < -0.39 is 4.92 Å². The number of hydrogen-bond acceptors (Lipinski definition) is 5. The van der Waals surface area contributed by atoms with Crippen molar-refractivity contribution in [1.29, 1.82) is 0 Å². The Morgan fingerprint density at radius 3 is 2.84 bits per heavy atom. The molecule has 19 heavy (non-hydrogen) atoms. The highest BCUT2D eigenvalue weighted by molar-refractivity contribution is 7.15. The molecule has 0 aliphatic heterocycles. The molecule has 1 aromatic heterocycles. The van der Waals surface area contributed by atoms with E-state index in [-0.39, 0.29) is 5.00 Å². The molecule has 0 unspecified atom stereocenters. The number of methoxy groups -OCH3 is 1. The normalized spacial score (nSPS) is 10.2. The Morgan fingerprint density at radius 2 is 2.21 bits per heavy atom. The molecule has 0 aliphatic carbocycles. The third-order valence-electron chi connectivity index (χ3n) is 2.45. The highest BCUT2D eigenvalue weighted by Gasteiger charge is 2.10. The van der Waals surface area contributed by atoms with Crippen LogP contribution in [0, 0.1) is 10.1 Å². The Bertz CT molecular complexity index is 600. The van der Waals surface area contributed by atoms with Crippen molar-refractivity contribution in [1.82, 2.24) is 0 Å². The summed E-state index contributed by atoms with van der Waals surface area (Å²) < 4.78 is 5.11. The predicted molar refractivity (Wildman–Crippen MR) is 76.3 cm³/mol. The minimum absolute atomic E-state index is 0.133. The fourth-order valence-electron chi connectivity index (χ4n) is 1.51. The molecule has 0 aliphatic rings. The SMILES string of the molecule is COc1ccc(Cl)c(NCc2ccc([N+](=O)[O-])s2)c1. The van der Waals surface area contributed by atoms with Crippen molar-refractivity contribution < 1.29 is 9.66 Å². The molecular formula is C12H11ClN2O3S. The monoisotopic (exact) mass is 298 g/mol. The first-order valence-electron chi connectivity index (χ1n) is 5.40. The average molecular weight is 299 g/mol. The molecular weight excluding hydrogens is 288 g/mol. The molecule has 100 valence electrons. The molecule has 7 heteroatoms. The predicted octanol–water partition coefficient (Wildman–Crippen LogP) is 3.93. The van der Waals surface area contributed by atoms with Crippen molar-refractivity contribution in [3.8, 4) is 5.75 Å². The van der Waals surface area contributed by atoms with E-state index >= 15 is 0 Å². The smallest absolute Gasteiger partial charge is 0.324 e. The van der Waals surface area contributed by atoms with Gasteiger partial charge in [0.2, 0.25) is 0 Å². The van der Waals surface area contributed by atoms with Crippen LogP contribution in [0.25, 0.3) is 0 Å². The van der Waals surface area contributed by atoms with Crippen LogP contribution in [0.1, 0.15) is 4.88 Å². The molecule has 0 bridgehead atoms. The molecule has 0 atom stereocenters. The summed E-state index contributed by atoms with van der Waals surface area (Å²) in [7, 11) is 1.58. The van der Waals surface area contributed by atoms with Crippen molar-refractivity contribution in [3.05, 3.63) is 50.3 Å². The minimum atomic E-state index is -0.396. The zero-order valence-electron chi connectivity index (χ0n) is 10.1. The number of ether oxygens (including phenoxy) is 1. The Balaban J connectivity index is 2.07. The second kappa shape index (κ2) is 5.90. The van der Waals surface area contributed by atoms with Gasteiger partial charge in [0, 0.05) is 23.6 Å². The van der Waals surface area contributed by atoms with Crippen LogP contribution in [0.15, 0.2) is 30.3 Å². The zero-order valence-corrected chi connectivity index (χ0v) is 11.6. The van der Waals surface area contributed by atoms with E-state index in [2.05, 4.69) is 5.32 Å². The first-order chi connectivity index (χ1) is 9.10. The van der Waals surface area contributed by atoms with Crippen LogP contribution in [0.3, 0.4) is 0 Å². The van der Waals surface area contributed by atoms with Gasteiger partial charge in [-0.25, -0.2) is 0 Å². The summed E-state index contributed by atoms with van der Waals surface area (Å²) in [6, 6.07) is 8.51. The first kappa shape index (κ1) is 13.6. The van der Waals surface area contributed by atoms with Gasteiger partial charge in [-0.05, 0) is 18.2 Å². The number of nitrogens with one attached hydrogen (secondary N) is 1. The standard InChI is InChI=1S/C12H11ClN2O3S/c1-18-8-2-4-10(13)11(6-8)14-7-9-3-5-12(19-9)15(16)17/h2-6,14H,7H2,1H3. The summed E-state index contributed by atoms with van der Waals surface area (Å²) in [5, 5.41) is 14.4. The molecule has 0 radical (unpaired) electrons. The second-order valence-electron chi connectivity index (χ2n) is 3.70. The van der Waals surface area contributed by atoms with Crippen LogP contribution >= 0.6 is 22.9 Å². The van der Waals surface area contributed by atoms with E-state index in [1.807, 2.05) is 0 Å². The van der Waals surface area contributed by atoms with E-state index in [1.54, 1.807) is 31.4 Å². The van der Waals surface area contributed by atoms with Gasteiger partial charge < -0.3 is 10.1 Å². The van der Waals surface area contributed by atoms with Gasteiger partial charge in [-0.2, -0.15) is 0 Å². The van der Waals surface area contributed by atoms with Crippen LogP contribution in [-0.2, 0) is 6.54 Å². The maximum atomic E-state index is 10.6. The summed E-state index contributed by atoms with van der Waals surface area (Å²) >= 11 is 7.19. The van der Waals surface area contributed by atoms with E-state index in [0.717, 1.165) is 21.9 Å². The molecule has 1 N–H and O–H groups in total. The first-order valence-corrected chi connectivity index (χ1v) is 6.60. The van der Waals surface area contributed by atoms with E-state index in [0.29, 0.717) is 17.3 Å². The van der Waals surface area contributed by atoms with Gasteiger partial charge in [0.15, 0.2) is 0 Å². The van der Waals surface area contributed by atoms with Gasteiger partial charge in [0.1, 0.15) is 5.75 Å². The third-order valence-corrected chi connectivity index (χ3v) is 3.82. The number of hydrogen-bond donors (Lipinski definition) is 1. The number of rotatable bonds is 5. The molecule has 5 nitrogen and oxygen atoms in total. The fourth-order valence-corrected chi connectivity index (χ4v) is 2.45. The molecule has 0 saturated heterocycles. The molecule has 2 rings (SSSR count). The lowest BCUT2D eigenvalue weighted by molar-refractivity contribution is -0.380. The van der Waals surface area contributed by atoms with Crippen LogP contribution in [-0.4, -0.2) is 12.0 Å². The molecule has 0 fully saturated rings. The summed E-state index contributed by atoms with van der Waals surface area (Å²) in [6.07, 6.45) is 0. The van der Waals surface area contributed by atoms with Gasteiger partial charge in [-0.15, -0.1) is 0 Å². The van der Waals surface area contributed by atoms with Gasteiger partial charge in [0.25, 0.3) is 0 Å². The average Bonchev–Trinajstić information content (AvgIpc) is 2.87. The summed E-state index contributed by atoms with van der Waals surface area (Å²) in [5.41, 5.74) is 0.733. The number of benzene rings is 1. The van der Waals surface area contributed by atoms with Gasteiger partial charge in [0.05, 0.1) is 22.7 Å². The number of halogens is 1. The van der Waals surface area contributed by atoms with E-state index in [1.165, 1.54) is 6.07 Å². The van der Waals surface area contributed by atoms with Crippen molar-refractivity contribution >= 4 is 33.6 Å². The Labute approximate surface area is 118 Å². The minimum Gasteiger partial charge on any atom is -0.497 e. The van der Waals surface area contributed by atoms with Crippen molar-refractivity contribution in [3.63, 3.8) is 0 Å². The second-order valence-corrected chi connectivity index (χ2v) is 5.25. The lowest BCUT2D eigenvalue weighted by Crippen LogP contribution is -1.98. The Kier molecular flexibility index (Phi) is 4.24. The fraction of sp³-hybridized carbons (Fsp3) is 0.167. The molecule has 0 saturated carbocycles. The topological polar surface area (TPSA) is 64.4 Å². The van der Waals surface area contributed by atoms with Crippen LogP contribution in [0.2, 0.25) is 5.02 Å². The van der Waals surface area contributed by atoms with Crippen molar-refractivity contribution in [2.75, 3.05) is 12.4 Å². The number of anilines is 1. The third kappa shape index (κ3) is 3.36. The number of thiophene rings is 1. The van der Waals surface area contributed by atoms with Crippen molar-refractivity contribution in [2.45, 2.75) is 6.54 Å². The Hall–Kier alpha value is -1.79. The number of nitrogens with zero attached hydrogens (tertiary/aromatic N) is 1. The van der Waals surface area contributed by atoms with Gasteiger partial charge in [-0.3, -0.25) is 10.1 Å². The molecule has 1 aromatic carbocycles. The van der Waals surface area contributed by atoms with Gasteiger partial charge >= 0.3 is 5.00 Å². The lowest BCUT2D eigenvalue weighted by atomic mass is 10.3. The Morgan fingerprint density at radius 1 is 1.42 bits per heavy atom. The van der Waals surface area contributed by atoms with E-state index in [9.17, 15) is 10.1 Å². The maximum Gasteiger partial charge on any atom is 0.324 e. The van der Waals surface area contributed by atoms with Crippen molar-refractivity contribution in [2.24, 2.45) is 0 Å². The summed E-state index contributed by atoms with van der Waals surface area (Å²) in [5.74, 6) is 0.698. The van der Waals surface area contributed by atoms with Crippen LogP contribution in [0.4, 0.5) is 10.7 Å². The van der Waals surface area contributed by atoms with Crippen LogP contribution in [0.5, 0.6) is 5.75 Å². The van der Waals surface area contributed by atoms with E-state index in [4.69, 9.17) is 16.3 Å². The maximum absolute atomic E-state index is 10.6. The molecule has 0 amide bonds. The molecule has 2 aromatic rings. The lowest BCUT2D eigenvalue weighted by Gasteiger charge is -2.08. The summed E-state index contributed by atoms with van der Waals surface area (Å²) in [4.78, 5) is 11.1. The van der Waals surface area contributed by atoms with Gasteiger partial charge in [-0.1, -0.05) is 22.9 Å². The summed E-state index contributed by atoms with van der Waals surface area (Å²) in [6.45, 7) is 0.478. The number of nitro groups is 1. The highest BCUT2D eigenvalue weighted by atomic mass is 35.5. The quantitative estimate of drug-likeness (QED) is 0.671. The zero-order chi connectivity index (χ0) is 13.8. The molecule has 1 heterocycles.